The molecule has 22 heavy (non-hydrogen) atoms. The number of aryl methyl sites for hydroxylation is 1. The lowest BCUT2D eigenvalue weighted by molar-refractivity contribution is 0.0997. The van der Waals surface area contributed by atoms with Gasteiger partial charge in [0.15, 0.2) is 5.76 Å². The molecule has 0 unspecified atom stereocenters. The molecule has 0 saturated carbocycles. The predicted molar refractivity (Wildman–Crippen MR) is 80.3 cm³/mol. The summed E-state index contributed by atoms with van der Waals surface area (Å²) in [4.78, 5) is 12.2. The molecule has 3 rings (SSSR count). The molecule has 3 nitrogen and oxygen atoms in total. The van der Waals surface area contributed by atoms with Gasteiger partial charge in [0.05, 0.1) is 5.69 Å². The van der Waals surface area contributed by atoms with Gasteiger partial charge in [-0.2, -0.15) is 0 Å². The van der Waals surface area contributed by atoms with Crippen molar-refractivity contribution < 1.29 is 18.0 Å². The van der Waals surface area contributed by atoms with Crippen LogP contribution in [0.3, 0.4) is 0 Å². The molecule has 1 heterocycles. The van der Waals surface area contributed by atoms with E-state index in [2.05, 4.69) is 5.32 Å². The third-order valence-electron chi connectivity index (χ3n) is 3.28. The van der Waals surface area contributed by atoms with Crippen LogP contribution < -0.4 is 5.32 Å². The van der Waals surface area contributed by atoms with Crippen LogP contribution in [0.1, 0.15) is 16.1 Å². The van der Waals surface area contributed by atoms with Gasteiger partial charge in [-0.05, 0) is 43.3 Å². The van der Waals surface area contributed by atoms with E-state index in [1.54, 1.807) is 6.92 Å². The van der Waals surface area contributed by atoms with Gasteiger partial charge in [0, 0.05) is 16.0 Å². The largest absolute Gasteiger partial charge is 0.451 e. The second kappa shape index (κ2) is 5.42. The summed E-state index contributed by atoms with van der Waals surface area (Å²) >= 11 is 5.66. The number of nitrogens with one attached hydrogen (secondary N) is 1. The van der Waals surface area contributed by atoms with Gasteiger partial charge in [-0.15, -0.1) is 0 Å². The van der Waals surface area contributed by atoms with Crippen LogP contribution in [0.2, 0.25) is 5.02 Å². The number of halogens is 3. The van der Waals surface area contributed by atoms with E-state index in [0.29, 0.717) is 16.5 Å². The number of hydrogen-bond donors (Lipinski definition) is 1. The number of carbonyl (C=O) groups is 1. The number of anilines is 1. The zero-order valence-electron chi connectivity index (χ0n) is 11.4. The van der Waals surface area contributed by atoms with Gasteiger partial charge in [-0.25, -0.2) is 8.78 Å². The molecule has 6 heteroatoms. The molecule has 0 aliphatic heterocycles. The van der Waals surface area contributed by atoms with E-state index in [4.69, 9.17) is 16.0 Å². The highest BCUT2D eigenvalue weighted by Gasteiger charge is 2.19. The standard InChI is InChI=1S/C16H10ClF2NO2/c1-8-11-7-10(18)3-5-14(11)22-15(8)16(21)20-13-4-2-9(17)6-12(13)19/h2-7H,1H3,(H,20,21). The van der Waals surface area contributed by atoms with Crippen LogP contribution in [-0.2, 0) is 0 Å². The van der Waals surface area contributed by atoms with E-state index in [1.165, 1.54) is 30.3 Å². The Labute approximate surface area is 129 Å². The summed E-state index contributed by atoms with van der Waals surface area (Å²) in [5.74, 6) is -1.68. The summed E-state index contributed by atoms with van der Waals surface area (Å²) < 4.78 is 32.4. The predicted octanol–water partition coefficient (Wildman–Crippen LogP) is 4.93. The molecule has 1 amide bonds. The average Bonchev–Trinajstić information content (AvgIpc) is 2.79. The zero-order valence-corrected chi connectivity index (χ0v) is 12.2. The molecule has 0 saturated heterocycles. The monoisotopic (exact) mass is 321 g/mol. The molecular weight excluding hydrogens is 312 g/mol. The molecule has 0 radical (unpaired) electrons. The number of amides is 1. The number of rotatable bonds is 2. The van der Waals surface area contributed by atoms with Gasteiger partial charge in [-0.3, -0.25) is 4.79 Å². The second-order valence-electron chi connectivity index (χ2n) is 4.77. The molecule has 0 bridgehead atoms. The van der Waals surface area contributed by atoms with Crippen molar-refractivity contribution in [3.63, 3.8) is 0 Å². The average molecular weight is 322 g/mol. The first kappa shape index (κ1) is 14.5. The van der Waals surface area contributed by atoms with Gasteiger partial charge in [-0.1, -0.05) is 11.6 Å². The lowest BCUT2D eigenvalue weighted by atomic mass is 10.1. The lowest BCUT2D eigenvalue weighted by Crippen LogP contribution is -2.13. The van der Waals surface area contributed by atoms with Gasteiger partial charge in [0.1, 0.15) is 17.2 Å². The van der Waals surface area contributed by atoms with Crippen LogP contribution in [0.15, 0.2) is 40.8 Å². The van der Waals surface area contributed by atoms with Gasteiger partial charge >= 0.3 is 0 Å². The van der Waals surface area contributed by atoms with Crippen LogP contribution in [0.25, 0.3) is 11.0 Å². The van der Waals surface area contributed by atoms with Crippen molar-refractivity contribution in [2.24, 2.45) is 0 Å². The minimum atomic E-state index is -0.652. The second-order valence-corrected chi connectivity index (χ2v) is 5.21. The lowest BCUT2D eigenvalue weighted by Gasteiger charge is -2.05. The molecule has 0 aliphatic rings. The van der Waals surface area contributed by atoms with Crippen molar-refractivity contribution in [2.75, 3.05) is 5.32 Å². The van der Waals surface area contributed by atoms with Gasteiger partial charge in [0.25, 0.3) is 5.91 Å². The Morgan fingerprint density at radius 3 is 2.68 bits per heavy atom. The van der Waals surface area contributed by atoms with E-state index < -0.39 is 17.5 Å². The quantitative estimate of drug-likeness (QED) is 0.727. The van der Waals surface area contributed by atoms with E-state index >= 15 is 0 Å². The van der Waals surface area contributed by atoms with E-state index in [1.807, 2.05) is 0 Å². The van der Waals surface area contributed by atoms with Crippen LogP contribution >= 0.6 is 11.6 Å². The van der Waals surface area contributed by atoms with Crippen LogP contribution in [0.4, 0.5) is 14.5 Å². The summed E-state index contributed by atoms with van der Waals surface area (Å²) in [6.45, 7) is 1.64. The number of carbonyl (C=O) groups excluding carboxylic acids is 1. The molecule has 2 aromatic carbocycles. The Hall–Kier alpha value is -2.40. The summed E-state index contributed by atoms with van der Waals surface area (Å²) in [7, 11) is 0. The Morgan fingerprint density at radius 2 is 1.95 bits per heavy atom. The van der Waals surface area contributed by atoms with Crippen LogP contribution in [-0.4, -0.2) is 5.91 Å². The third-order valence-corrected chi connectivity index (χ3v) is 3.52. The minimum absolute atomic E-state index is 0.00921. The van der Waals surface area contributed by atoms with Crippen LogP contribution in [0.5, 0.6) is 0 Å². The minimum Gasteiger partial charge on any atom is -0.451 e. The van der Waals surface area contributed by atoms with E-state index in [9.17, 15) is 13.6 Å². The fraction of sp³-hybridized carbons (Fsp3) is 0.0625. The highest BCUT2D eigenvalue weighted by molar-refractivity contribution is 6.30. The number of benzene rings is 2. The molecule has 1 N–H and O–H groups in total. The van der Waals surface area contributed by atoms with Crippen molar-refractivity contribution in [1.29, 1.82) is 0 Å². The molecule has 1 aromatic heterocycles. The normalized spacial score (nSPS) is 10.9. The van der Waals surface area contributed by atoms with Crippen molar-refractivity contribution in [2.45, 2.75) is 6.92 Å². The molecular formula is C16H10ClF2NO2. The van der Waals surface area contributed by atoms with E-state index in [0.717, 1.165) is 6.07 Å². The molecule has 0 atom stereocenters. The number of fused-ring (bicyclic) bond motifs is 1. The zero-order chi connectivity index (χ0) is 15.9. The maximum absolute atomic E-state index is 13.7. The molecule has 112 valence electrons. The topological polar surface area (TPSA) is 42.2 Å². The molecule has 0 spiro atoms. The SMILES string of the molecule is Cc1c(C(=O)Nc2ccc(Cl)cc2F)oc2ccc(F)cc12. The Balaban J connectivity index is 1.97. The number of hydrogen-bond acceptors (Lipinski definition) is 2. The summed E-state index contributed by atoms with van der Waals surface area (Å²) in [6, 6.07) is 7.88. The first-order valence-corrected chi connectivity index (χ1v) is 6.78. The Kier molecular flexibility index (Phi) is 3.58. The van der Waals surface area contributed by atoms with Crippen molar-refractivity contribution >= 4 is 34.2 Å². The Morgan fingerprint density at radius 1 is 1.18 bits per heavy atom. The van der Waals surface area contributed by atoms with Gasteiger partial charge in [0.2, 0.25) is 0 Å². The fourth-order valence-electron chi connectivity index (χ4n) is 2.18. The first-order valence-electron chi connectivity index (χ1n) is 6.41. The summed E-state index contributed by atoms with van der Waals surface area (Å²) in [5, 5.41) is 3.14. The van der Waals surface area contributed by atoms with Crippen molar-refractivity contribution in [1.82, 2.24) is 0 Å². The maximum atomic E-state index is 13.7. The maximum Gasteiger partial charge on any atom is 0.291 e. The summed E-state index contributed by atoms with van der Waals surface area (Å²) in [6.07, 6.45) is 0. The summed E-state index contributed by atoms with van der Waals surface area (Å²) in [5.41, 5.74) is 0.863. The fourth-order valence-corrected chi connectivity index (χ4v) is 2.34. The third kappa shape index (κ3) is 2.55. The van der Waals surface area contributed by atoms with Crippen molar-refractivity contribution in [3.05, 3.63) is 64.4 Å². The smallest absolute Gasteiger partial charge is 0.291 e. The van der Waals surface area contributed by atoms with Crippen LogP contribution in [0, 0.1) is 18.6 Å². The first-order chi connectivity index (χ1) is 10.5. The molecule has 3 aromatic rings. The van der Waals surface area contributed by atoms with E-state index in [-0.39, 0.29) is 16.5 Å². The van der Waals surface area contributed by atoms with Gasteiger partial charge < -0.3 is 9.73 Å². The highest BCUT2D eigenvalue weighted by atomic mass is 35.5. The molecule has 0 aliphatic carbocycles. The Bertz CT molecular complexity index is 889. The highest BCUT2D eigenvalue weighted by Crippen LogP contribution is 2.27. The van der Waals surface area contributed by atoms with Crippen molar-refractivity contribution in [3.8, 4) is 0 Å². The number of furan rings is 1. The molecule has 0 fully saturated rings.